The Hall–Kier alpha value is -2.24. The Labute approximate surface area is 142 Å². The number of nitrogens with one attached hydrogen (secondary N) is 1. The molecule has 0 radical (unpaired) electrons. The molecule has 2 aliphatic rings. The molecule has 2 aliphatic heterocycles. The van der Waals surface area contributed by atoms with Crippen LogP contribution in [0.3, 0.4) is 0 Å². The number of amides is 2. The Morgan fingerprint density at radius 3 is 2.88 bits per heavy atom. The summed E-state index contributed by atoms with van der Waals surface area (Å²) in [6.07, 6.45) is 1.88. The Morgan fingerprint density at radius 1 is 1.33 bits per heavy atom. The summed E-state index contributed by atoms with van der Waals surface area (Å²) in [4.78, 5) is 26.4. The molecule has 1 N–H and O–H groups in total. The van der Waals surface area contributed by atoms with Crippen molar-refractivity contribution in [2.45, 2.75) is 51.7 Å². The average Bonchev–Trinajstić information content (AvgIpc) is 3.14. The van der Waals surface area contributed by atoms with Crippen LogP contribution in [0.4, 0.5) is 10.5 Å². The summed E-state index contributed by atoms with van der Waals surface area (Å²) in [6.45, 7) is 6.70. The van der Waals surface area contributed by atoms with Crippen molar-refractivity contribution in [2.75, 3.05) is 18.5 Å². The van der Waals surface area contributed by atoms with Gasteiger partial charge in [0.05, 0.1) is 6.61 Å². The summed E-state index contributed by atoms with van der Waals surface area (Å²) in [7, 11) is 0. The minimum absolute atomic E-state index is 0.169. The van der Waals surface area contributed by atoms with Gasteiger partial charge in [0.2, 0.25) is 5.91 Å². The second-order valence-electron chi connectivity index (χ2n) is 7.24. The molecule has 0 aromatic heterocycles. The van der Waals surface area contributed by atoms with E-state index in [2.05, 4.69) is 5.32 Å². The van der Waals surface area contributed by atoms with Crippen molar-refractivity contribution < 1.29 is 19.1 Å². The molecule has 2 amide bonds. The first-order chi connectivity index (χ1) is 11.3. The van der Waals surface area contributed by atoms with E-state index in [-0.39, 0.29) is 5.91 Å². The zero-order valence-corrected chi connectivity index (χ0v) is 14.4. The zero-order chi connectivity index (χ0) is 17.3. The first kappa shape index (κ1) is 16.6. The van der Waals surface area contributed by atoms with Crippen LogP contribution in [0, 0.1) is 0 Å². The van der Waals surface area contributed by atoms with Gasteiger partial charge in [-0.1, -0.05) is 0 Å². The van der Waals surface area contributed by atoms with E-state index < -0.39 is 17.7 Å². The highest BCUT2D eigenvalue weighted by Gasteiger charge is 2.36. The quantitative estimate of drug-likeness (QED) is 0.904. The van der Waals surface area contributed by atoms with Gasteiger partial charge in [0.1, 0.15) is 17.4 Å². The van der Waals surface area contributed by atoms with Gasteiger partial charge >= 0.3 is 6.09 Å². The molecule has 1 unspecified atom stereocenters. The molecule has 130 valence electrons. The second-order valence-corrected chi connectivity index (χ2v) is 7.24. The molecule has 1 fully saturated rings. The number of ether oxygens (including phenoxy) is 2. The normalized spacial score (nSPS) is 19.6. The first-order valence-corrected chi connectivity index (χ1v) is 8.40. The van der Waals surface area contributed by atoms with Crippen molar-refractivity contribution in [1.29, 1.82) is 0 Å². The maximum Gasteiger partial charge on any atom is 0.410 e. The lowest BCUT2D eigenvalue weighted by atomic mass is 10.1. The molecule has 0 spiro atoms. The molecule has 24 heavy (non-hydrogen) atoms. The largest absolute Gasteiger partial charge is 0.493 e. The minimum atomic E-state index is -0.569. The second kappa shape index (κ2) is 6.34. The lowest BCUT2D eigenvalue weighted by Crippen LogP contribution is -2.45. The van der Waals surface area contributed by atoms with Crippen LogP contribution in [0.5, 0.6) is 5.75 Å². The fraction of sp³-hybridized carbons (Fsp3) is 0.556. The molecule has 1 atom stereocenters. The Kier molecular flexibility index (Phi) is 4.39. The highest BCUT2D eigenvalue weighted by Crippen LogP contribution is 2.28. The van der Waals surface area contributed by atoms with Gasteiger partial charge in [-0.05, 0) is 57.4 Å². The van der Waals surface area contributed by atoms with Crippen LogP contribution in [0.1, 0.15) is 39.2 Å². The van der Waals surface area contributed by atoms with Crippen LogP contribution >= 0.6 is 0 Å². The number of anilines is 1. The fourth-order valence-electron chi connectivity index (χ4n) is 3.07. The SMILES string of the molecule is CC(C)(C)OC(=O)N1CCCC1C(=O)Nc1ccc2c(c1)CCO2. The lowest BCUT2D eigenvalue weighted by Gasteiger charge is -2.28. The van der Waals surface area contributed by atoms with E-state index in [0.29, 0.717) is 19.6 Å². The Bertz CT molecular complexity index is 651. The highest BCUT2D eigenvalue weighted by molar-refractivity contribution is 5.97. The van der Waals surface area contributed by atoms with E-state index in [1.165, 1.54) is 4.90 Å². The minimum Gasteiger partial charge on any atom is -0.493 e. The molecule has 1 saturated heterocycles. The van der Waals surface area contributed by atoms with E-state index in [9.17, 15) is 9.59 Å². The number of rotatable bonds is 2. The van der Waals surface area contributed by atoms with Crippen LogP contribution in [0.15, 0.2) is 18.2 Å². The number of likely N-dealkylation sites (tertiary alicyclic amines) is 1. The molecule has 0 bridgehead atoms. The fourth-order valence-corrected chi connectivity index (χ4v) is 3.07. The van der Waals surface area contributed by atoms with E-state index in [4.69, 9.17) is 9.47 Å². The molecular formula is C18H24N2O4. The standard InChI is InChI=1S/C18H24N2O4/c1-18(2,3)24-17(22)20-9-4-5-14(20)16(21)19-13-6-7-15-12(11-13)8-10-23-15/h6-7,11,14H,4-5,8-10H2,1-3H3,(H,19,21). The Balaban J connectivity index is 1.66. The van der Waals surface area contributed by atoms with Crippen LogP contribution in [0.25, 0.3) is 0 Å². The van der Waals surface area contributed by atoms with E-state index in [1.807, 2.05) is 39.0 Å². The van der Waals surface area contributed by atoms with Crippen molar-refractivity contribution in [2.24, 2.45) is 0 Å². The van der Waals surface area contributed by atoms with Gasteiger partial charge in [-0.3, -0.25) is 9.69 Å². The van der Waals surface area contributed by atoms with Gasteiger partial charge in [-0.2, -0.15) is 0 Å². The predicted molar refractivity (Wildman–Crippen MR) is 90.2 cm³/mol. The summed E-state index contributed by atoms with van der Waals surface area (Å²) in [5, 5.41) is 2.92. The van der Waals surface area contributed by atoms with E-state index in [0.717, 1.165) is 29.8 Å². The Morgan fingerprint density at radius 2 is 2.12 bits per heavy atom. The summed E-state index contributed by atoms with van der Waals surface area (Å²) < 4.78 is 10.9. The third-order valence-electron chi connectivity index (χ3n) is 4.14. The number of carbonyl (C=O) groups is 2. The lowest BCUT2D eigenvalue weighted by molar-refractivity contribution is -0.120. The zero-order valence-electron chi connectivity index (χ0n) is 14.4. The highest BCUT2D eigenvalue weighted by atomic mass is 16.6. The monoisotopic (exact) mass is 332 g/mol. The molecule has 0 saturated carbocycles. The number of fused-ring (bicyclic) bond motifs is 1. The molecule has 0 aliphatic carbocycles. The summed E-state index contributed by atoms with van der Waals surface area (Å²) >= 11 is 0. The summed E-state index contributed by atoms with van der Waals surface area (Å²) in [5.74, 6) is 0.710. The van der Waals surface area contributed by atoms with Crippen molar-refractivity contribution in [3.05, 3.63) is 23.8 Å². The number of carbonyl (C=O) groups excluding carboxylic acids is 2. The van der Waals surface area contributed by atoms with Crippen LogP contribution in [0.2, 0.25) is 0 Å². The van der Waals surface area contributed by atoms with Gasteiger partial charge in [0.15, 0.2) is 0 Å². The third kappa shape index (κ3) is 3.63. The van der Waals surface area contributed by atoms with E-state index >= 15 is 0 Å². The molecule has 6 nitrogen and oxygen atoms in total. The average molecular weight is 332 g/mol. The molecule has 3 rings (SSSR count). The van der Waals surface area contributed by atoms with Crippen molar-refractivity contribution in [1.82, 2.24) is 4.90 Å². The molecule has 6 heteroatoms. The number of nitrogens with zero attached hydrogens (tertiary/aromatic N) is 1. The van der Waals surface area contributed by atoms with Crippen LogP contribution < -0.4 is 10.1 Å². The predicted octanol–water partition coefficient (Wildman–Crippen LogP) is 2.96. The van der Waals surface area contributed by atoms with Crippen molar-refractivity contribution >= 4 is 17.7 Å². The van der Waals surface area contributed by atoms with Gasteiger partial charge in [0, 0.05) is 18.7 Å². The van der Waals surface area contributed by atoms with Gasteiger partial charge < -0.3 is 14.8 Å². The molecule has 1 aromatic rings. The van der Waals surface area contributed by atoms with Crippen LogP contribution in [-0.4, -0.2) is 41.7 Å². The maximum absolute atomic E-state index is 12.6. The number of benzene rings is 1. The molecule has 1 aromatic carbocycles. The summed E-state index contributed by atoms with van der Waals surface area (Å²) in [5.41, 5.74) is 1.27. The number of hydrogen-bond donors (Lipinski definition) is 1. The maximum atomic E-state index is 12.6. The molecular weight excluding hydrogens is 308 g/mol. The van der Waals surface area contributed by atoms with Gasteiger partial charge in [-0.25, -0.2) is 4.79 Å². The third-order valence-corrected chi connectivity index (χ3v) is 4.14. The van der Waals surface area contributed by atoms with Crippen LogP contribution in [-0.2, 0) is 16.0 Å². The number of hydrogen-bond acceptors (Lipinski definition) is 4. The smallest absolute Gasteiger partial charge is 0.410 e. The van der Waals surface area contributed by atoms with Crippen molar-refractivity contribution in [3.8, 4) is 5.75 Å². The topological polar surface area (TPSA) is 67.9 Å². The van der Waals surface area contributed by atoms with Gasteiger partial charge in [-0.15, -0.1) is 0 Å². The first-order valence-electron chi connectivity index (χ1n) is 8.40. The van der Waals surface area contributed by atoms with Gasteiger partial charge in [0.25, 0.3) is 0 Å². The molecule has 2 heterocycles. The van der Waals surface area contributed by atoms with E-state index in [1.54, 1.807) is 0 Å². The summed E-state index contributed by atoms with van der Waals surface area (Å²) in [6, 6.07) is 5.16. The van der Waals surface area contributed by atoms with Crippen molar-refractivity contribution in [3.63, 3.8) is 0 Å².